The van der Waals surface area contributed by atoms with Crippen molar-refractivity contribution >= 4 is 116 Å². The quantitative estimate of drug-likeness (QED) is 0.151. The zero-order valence-electron chi connectivity index (χ0n) is 52.9. The summed E-state index contributed by atoms with van der Waals surface area (Å²) in [5.41, 5.74) is 30.9. The minimum Gasteiger partial charge on any atom is -0.0687 e. The lowest BCUT2D eigenvalue weighted by Crippen LogP contribution is -2.52. The fourth-order valence-electron chi connectivity index (χ4n) is 14.8. The Bertz CT molecular complexity index is 4010. The summed E-state index contributed by atoms with van der Waals surface area (Å²) in [6.07, 6.45) is 0. The Morgan fingerprint density at radius 2 is 0.168 bits per heavy atom. The highest BCUT2D eigenvalue weighted by Crippen LogP contribution is 2.24. The Labute approximate surface area is 561 Å². The first kappa shape index (κ1) is 58.7. The van der Waals surface area contributed by atoms with Gasteiger partial charge in [0.05, 0.1) is 0 Å². The molecule has 0 saturated heterocycles. The molecule has 0 fully saturated rings. The van der Waals surface area contributed by atoms with E-state index in [1.54, 1.807) is 0 Å². The summed E-state index contributed by atoms with van der Waals surface area (Å²) in [5, 5.41) is 0. The molecule has 16 heterocycles. The highest BCUT2D eigenvalue weighted by Gasteiger charge is 2.28. The lowest BCUT2D eigenvalue weighted by molar-refractivity contribution is 1.63. The minimum atomic E-state index is 0.0680. The third-order valence-electron chi connectivity index (χ3n) is 19.8. The average molecular weight is 1200 g/mol. The van der Waals surface area contributed by atoms with E-state index in [-0.39, 0.29) is 33.6 Å². The first-order chi connectivity index (χ1) is 47.1. The van der Waals surface area contributed by atoms with Gasteiger partial charge in [0.15, 0.2) is 0 Å². The molecule has 15 aromatic rings. The third-order valence-corrected chi connectivity index (χ3v) is 19.8. The van der Waals surface area contributed by atoms with Crippen molar-refractivity contribution in [3.8, 4) is 55.6 Å². The van der Waals surface area contributed by atoms with Gasteiger partial charge >= 0.3 is 0 Å². The number of hydrogen-bond donors (Lipinski definition) is 0. The zero-order chi connectivity index (χ0) is 63.3. The molecular weight excluding hydrogens is 1140 g/mol. The SMILES string of the molecule is c1ccc(B2c3ccc(cc3)-c3ccc(cc3)B(c3ccccc3)c3ccc(cc3)-c3ccc(cc3)B(c3ccccc3)c3ccc(cc3)-c3ccc(cc3)B(c3ccccc3)c3ccc(cc3)-c3ccc(cc3)B(c3ccccc3)c3ccc(cc3)-c3ccc2cc3)cc1. The van der Waals surface area contributed by atoms with Gasteiger partial charge < -0.3 is 0 Å². The lowest BCUT2D eigenvalue weighted by Gasteiger charge is -2.18. The second kappa shape index (κ2) is 26.7. The van der Waals surface area contributed by atoms with Gasteiger partial charge in [0.25, 0.3) is 0 Å². The van der Waals surface area contributed by atoms with Gasteiger partial charge in [-0.25, -0.2) is 0 Å². The highest BCUT2D eigenvalue weighted by molar-refractivity contribution is 6.98. The molecule has 0 N–H and O–H groups in total. The Hall–Kier alpha value is -11.4. The summed E-state index contributed by atoms with van der Waals surface area (Å²) >= 11 is 0. The normalized spacial score (nSPS) is 12.1. The maximum atomic E-state index is 2.32. The molecule has 0 unspecified atom stereocenters. The molecule has 0 spiro atoms. The van der Waals surface area contributed by atoms with Crippen LogP contribution < -0.4 is 81.9 Å². The molecule has 0 atom stereocenters. The van der Waals surface area contributed by atoms with E-state index in [2.05, 4.69) is 394 Å². The van der Waals surface area contributed by atoms with Gasteiger partial charge in [-0.1, -0.05) is 476 Å². The number of hydrogen-bond acceptors (Lipinski definition) is 0. The van der Waals surface area contributed by atoms with Crippen LogP contribution in [0.25, 0.3) is 55.6 Å². The van der Waals surface area contributed by atoms with Gasteiger partial charge in [-0.2, -0.15) is 0 Å². The van der Waals surface area contributed by atoms with Crippen molar-refractivity contribution in [2.45, 2.75) is 0 Å². The van der Waals surface area contributed by atoms with E-state index in [0.29, 0.717) is 0 Å². The fraction of sp³-hybridized carbons (Fsp3) is 0. The van der Waals surface area contributed by atoms with Crippen LogP contribution in [0.3, 0.4) is 0 Å². The Morgan fingerprint density at radius 1 is 0.0842 bits per heavy atom. The molecule has 0 aliphatic carbocycles. The van der Waals surface area contributed by atoms with Gasteiger partial charge in [-0.05, 0) is 55.6 Å². The summed E-state index contributed by atoms with van der Waals surface area (Å²) in [4.78, 5) is 0. The van der Waals surface area contributed by atoms with Crippen LogP contribution in [0.5, 0.6) is 0 Å². The molecule has 0 saturated carbocycles. The summed E-state index contributed by atoms with van der Waals surface area (Å²) in [5.74, 6) is 0. The standard InChI is InChI=1S/C90H65B5/c1-6-16-76(17-7-1)91-81-46-26-66(27-47-81)68-30-50-83(51-31-68)92(77-18-8-2-9-19-77)85-54-34-70(35-55-85)72-38-58-87(59-39-72)94(79-22-12-4-13-23-79)89-62-42-74(43-63-89)75-44-64-90(65-45-75)95(80-24-14-5-15-25-80)88-60-40-73(41-61-88)71-36-56-86(57-37-71)93(78-20-10-3-11-21-78)84-52-32-69(33-53-84)67-28-48-82(91)49-29-67/h1-65H. The van der Waals surface area contributed by atoms with Crippen LogP contribution in [-0.4, -0.2) is 33.6 Å². The topological polar surface area (TPSA) is 0 Å². The van der Waals surface area contributed by atoms with Crippen molar-refractivity contribution in [1.29, 1.82) is 0 Å². The molecule has 20 bridgehead atoms. The summed E-state index contributed by atoms with van der Waals surface area (Å²) < 4.78 is 0. The molecule has 16 aliphatic heterocycles. The van der Waals surface area contributed by atoms with Gasteiger partial charge in [0, 0.05) is 0 Å². The monoisotopic (exact) mass is 1200 g/mol. The molecule has 0 amide bonds. The van der Waals surface area contributed by atoms with Crippen molar-refractivity contribution in [2.24, 2.45) is 0 Å². The van der Waals surface area contributed by atoms with Crippen LogP contribution in [0.2, 0.25) is 0 Å². The molecule has 0 aromatic heterocycles. The van der Waals surface area contributed by atoms with Gasteiger partial charge in [-0.3, -0.25) is 0 Å². The Balaban J connectivity index is 0.763. The molecule has 16 aliphatic rings. The van der Waals surface area contributed by atoms with Crippen LogP contribution in [0.15, 0.2) is 394 Å². The summed E-state index contributed by atoms with van der Waals surface area (Å²) in [7, 11) is 0. The predicted octanol–water partition coefficient (Wildman–Crippen LogP) is 10.9. The van der Waals surface area contributed by atoms with E-state index < -0.39 is 0 Å². The second-order valence-corrected chi connectivity index (χ2v) is 25.4. The van der Waals surface area contributed by atoms with Crippen LogP contribution >= 0.6 is 0 Å². The molecule has 31 rings (SSSR count). The largest absolute Gasteiger partial charge is 0.241 e. The molecular formula is C90H65B5. The summed E-state index contributed by atoms with van der Waals surface area (Å²) in [6, 6.07) is 147. The van der Waals surface area contributed by atoms with E-state index >= 15 is 0 Å². The zero-order valence-corrected chi connectivity index (χ0v) is 52.9. The Morgan fingerprint density at radius 3 is 0.263 bits per heavy atom. The van der Waals surface area contributed by atoms with E-state index in [0.717, 1.165) is 0 Å². The average Bonchev–Trinajstić information content (AvgIpc) is 1.87. The molecule has 95 heavy (non-hydrogen) atoms. The first-order valence-corrected chi connectivity index (χ1v) is 33.3. The smallest absolute Gasteiger partial charge is 0.0687 e. The predicted molar refractivity (Wildman–Crippen MR) is 415 cm³/mol. The third kappa shape index (κ3) is 12.3. The maximum Gasteiger partial charge on any atom is 0.241 e. The van der Waals surface area contributed by atoms with E-state index in [9.17, 15) is 0 Å². The highest BCUT2D eigenvalue weighted by atomic mass is 14.1. The van der Waals surface area contributed by atoms with Crippen molar-refractivity contribution in [2.75, 3.05) is 0 Å². The van der Waals surface area contributed by atoms with Gasteiger partial charge in [0.1, 0.15) is 0 Å². The Kier molecular flexibility index (Phi) is 16.5. The van der Waals surface area contributed by atoms with Gasteiger partial charge in [-0.15, -0.1) is 0 Å². The van der Waals surface area contributed by atoms with Crippen LogP contribution in [-0.2, 0) is 0 Å². The number of rotatable bonds is 5. The van der Waals surface area contributed by atoms with Crippen LogP contribution in [0.4, 0.5) is 0 Å². The number of benzene rings is 15. The molecule has 0 radical (unpaired) electrons. The lowest BCUT2D eigenvalue weighted by atomic mass is 9.36. The van der Waals surface area contributed by atoms with E-state index in [1.807, 2.05) is 0 Å². The maximum absolute atomic E-state index is 2.32. The van der Waals surface area contributed by atoms with Crippen LogP contribution in [0.1, 0.15) is 0 Å². The van der Waals surface area contributed by atoms with E-state index in [4.69, 9.17) is 0 Å². The summed E-state index contributed by atoms with van der Waals surface area (Å²) in [6.45, 7) is 0.340. The van der Waals surface area contributed by atoms with E-state index in [1.165, 1.54) is 138 Å². The molecule has 0 nitrogen and oxygen atoms in total. The van der Waals surface area contributed by atoms with Crippen molar-refractivity contribution in [3.63, 3.8) is 0 Å². The fourth-order valence-corrected chi connectivity index (χ4v) is 14.8. The van der Waals surface area contributed by atoms with Gasteiger partial charge in [0.2, 0.25) is 33.6 Å². The van der Waals surface area contributed by atoms with Crippen molar-refractivity contribution < 1.29 is 0 Å². The minimum absolute atomic E-state index is 0.0680. The van der Waals surface area contributed by atoms with Crippen molar-refractivity contribution in [1.82, 2.24) is 0 Å². The molecule has 15 aromatic carbocycles. The molecule has 440 valence electrons. The first-order valence-electron chi connectivity index (χ1n) is 33.3. The second-order valence-electron chi connectivity index (χ2n) is 25.4. The molecule has 5 heteroatoms. The van der Waals surface area contributed by atoms with Crippen molar-refractivity contribution in [3.05, 3.63) is 394 Å². The van der Waals surface area contributed by atoms with Crippen LogP contribution in [0, 0.1) is 0 Å².